The Balaban J connectivity index is 1.62. The number of methoxy groups -OCH3 is 1. The van der Waals surface area contributed by atoms with Crippen molar-refractivity contribution >= 4 is 5.91 Å². The number of aromatic nitrogens is 2. The van der Waals surface area contributed by atoms with Gasteiger partial charge >= 0.3 is 0 Å². The molecule has 4 heterocycles. The average Bonchev–Trinajstić information content (AvgIpc) is 3.26. The molecule has 1 saturated heterocycles. The number of hydrogen-bond acceptors (Lipinski definition) is 5. The normalized spacial score (nSPS) is 19.8. The third-order valence-electron chi connectivity index (χ3n) is 5.54. The van der Waals surface area contributed by atoms with Gasteiger partial charge in [-0.3, -0.25) is 14.7 Å². The van der Waals surface area contributed by atoms with E-state index in [1.165, 1.54) is 0 Å². The van der Waals surface area contributed by atoms with Crippen molar-refractivity contribution in [2.24, 2.45) is 0 Å². The minimum atomic E-state index is 0.0686. The highest BCUT2D eigenvalue weighted by Gasteiger charge is 2.33. The largest absolute Gasteiger partial charge is 0.481 e. The van der Waals surface area contributed by atoms with Crippen LogP contribution in [0.2, 0.25) is 0 Å². The number of likely N-dealkylation sites (tertiary alicyclic amines) is 1. The number of fused-ring (bicyclic) bond motifs is 1. The lowest BCUT2D eigenvalue weighted by atomic mass is 10.1. The Morgan fingerprint density at radius 1 is 1.33 bits per heavy atom. The maximum atomic E-state index is 12.7. The van der Waals surface area contributed by atoms with Crippen molar-refractivity contribution in [3.05, 3.63) is 53.0 Å². The van der Waals surface area contributed by atoms with Crippen molar-refractivity contribution in [3.63, 3.8) is 0 Å². The van der Waals surface area contributed by atoms with Crippen LogP contribution in [-0.2, 0) is 13.1 Å². The van der Waals surface area contributed by atoms with Gasteiger partial charge in [0.25, 0.3) is 5.91 Å². The zero-order valence-electron chi connectivity index (χ0n) is 16.2. The third kappa shape index (κ3) is 3.30. The lowest BCUT2D eigenvalue weighted by Gasteiger charge is -2.24. The highest BCUT2D eigenvalue weighted by atomic mass is 16.5. The lowest BCUT2D eigenvalue weighted by Crippen LogP contribution is -2.30. The zero-order valence-corrected chi connectivity index (χ0v) is 16.2. The van der Waals surface area contributed by atoms with Gasteiger partial charge in [0.05, 0.1) is 36.6 Å². The van der Waals surface area contributed by atoms with Crippen LogP contribution in [0.1, 0.15) is 60.0 Å². The van der Waals surface area contributed by atoms with E-state index in [0.717, 1.165) is 36.3 Å². The molecule has 2 aromatic heterocycles. The number of amides is 1. The van der Waals surface area contributed by atoms with Crippen LogP contribution in [0.25, 0.3) is 0 Å². The molecular weight excluding hydrogens is 340 g/mol. The van der Waals surface area contributed by atoms with Crippen LogP contribution in [0.4, 0.5) is 0 Å². The van der Waals surface area contributed by atoms with Gasteiger partial charge < -0.3 is 9.64 Å². The first-order valence-electron chi connectivity index (χ1n) is 9.61. The van der Waals surface area contributed by atoms with Gasteiger partial charge in [-0.15, -0.1) is 0 Å². The fourth-order valence-electron chi connectivity index (χ4n) is 4.12. The SMILES string of the molecule is COc1nc2c(cc1CN1CCCC1c1ccccn1)C(=O)N(C(C)C)C2. The molecule has 0 bridgehead atoms. The standard InChI is InChI=1S/C21H26N4O2/c1-14(2)25-13-18-16(21(25)26)11-15(20(23-18)27-3)12-24-10-6-8-19(24)17-7-4-5-9-22-17/h4-5,7,9,11,14,19H,6,8,10,12-13H2,1-3H3. The minimum Gasteiger partial charge on any atom is -0.481 e. The number of carbonyl (C=O) groups is 1. The first-order valence-corrected chi connectivity index (χ1v) is 9.61. The molecule has 1 atom stereocenters. The number of rotatable bonds is 5. The number of pyridine rings is 2. The minimum absolute atomic E-state index is 0.0686. The molecule has 0 saturated carbocycles. The Morgan fingerprint density at radius 2 is 2.19 bits per heavy atom. The molecule has 6 heteroatoms. The first-order chi connectivity index (χ1) is 13.1. The molecule has 4 rings (SSSR count). The number of nitrogens with zero attached hydrogens (tertiary/aromatic N) is 4. The van der Waals surface area contributed by atoms with Gasteiger partial charge in [0.2, 0.25) is 5.88 Å². The molecule has 1 amide bonds. The van der Waals surface area contributed by atoms with E-state index in [2.05, 4.69) is 20.9 Å². The number of hydrogen-bond donors (Lipinski definition) is 0. The van der Waals surface area contributed by atoms with Gasteiger partial charge in [0.1, 0.15) is 0 Å². The average molecular weight is 366 g/mol. The summed E-state index contributed by atoms with van der Waals surface area (Å²) in [5.74, 6) is 0.693. The molecular formula is C21H26N4O2. The summed E-state index contributed by atoms with van der Waals surface area (Å²) in [5.41, 5.74) is 3.60. The highest BCUT2D eigenvalue weighted by molar-refractivity contribution is 5.98. The molecule has 0 spiro atoms. The molecule has 2 aromatic rings. The maximum absolute atomic E-state index is 12.7. The van der Waals surface area contributed by atoms with Crippen molar-refractivity contribution in [3.8, 4) is 5.88 Å². The topological polar surface area (TPSA) is 58.6 Å². The molecule has 0 N–H and O–H groups in total. The van der Waals surface area contributed by atoms with Crippen molar-refractivity contribution in [2.45, 2.75) is 51.9 Å². The Bertz CT molecular complexity index is 838. The second kappa shape index (κ2) is 7.27. The molecule has 2 aliphatic heterocycles. The quantitative estimate of drug-likeness (QED) is 0.813. The Hall–Kier alpha value is -2.47. The summed E-state index contributed by atoms with van der Waals surface area (Å²) in [7, 11) is 1.65. The fraction of sp³-hybridized carbons (Fsp3) is 0.476. The van der Waals surface area contributed by atoms with Crippen molar-refractivity contribution in [1.29, 1.82) is 0 Å². The summed E-state index contributed by atoms with van der Waals surface area (Å²) in [4.78, 5) is 26.2. The van der Waals surface area contributed by atoms with Crippen molar-refractivity contribution in [1.82, 2.24) is 19.8 Å². The molecule has 27 heavy (non-hydrogen) atoms. The fourth-order valence-corrected chi connectivity index (χ4v) is 4.12. The van der Waals surface area contributed by atoms with Gasteiger partial charge in [-0.2, -0.15) is 0 Å². The van der Waals surface area contributed by atoms with Gasteiger partial charge in [0, 0.05) is 24.3 Å². The van der Waals surface area contributed by atoms with Crippen molar-refractivity contribution in [2.75, 3.05) is 13.7 Å². The van der Waals surface area contributed by atoms with E-state index in [4.69, 9.17) is 4.74 Å². The Labute approximate surface area is 160 Å². The van der Waals surface area contributed by atoms with Crippen LogP contribution in [0, 0.1) is 0 Å². The molecule has 0 radical (unpaired) electrons. The molecule has 1 unspecified atom stereocenters. The van der Waals surface area contributed by atoms with Crippen LogP contribution in [0.5, 0.6) is 5.88 Å². The van der Waals surface area contributed by atoms with E-state index < -0.39 is 0 Å². The van der Waals surface area contributed by atoms with E-state index in [9.17, 15) is 4.79 Å². The van der Waals surface area contributed by atoms with E-state index in [-0.39, 0.29) is 11.9 Å². The molecule has 0 aliphatic carbocycles. The van der Waals surface area contributed by atoms with Crippen LogP contribution in [0.3, 0.4) is 0 Å². The molecule has 2 aliphatic rings. The van der Waals surface area contributed by atoms with Crippen molar-refractivity contribution < 1.29 is 9.53 Å². The molecule has 0 aromatic carbocycles. The predicted molar refractivity (Wildman–Crippen MR) is 102 cm³/mol. The molecule has 6 nitrogen and oxygen atoms in total. The first kappa shape index (κ1) is 17.9. The maximum Gasteiger partial charge on any atom is 0.256 e. The van der Waals surface area contributed by atoms with Crippen LogP contribution in [0.15, 0.2) is 30.5 Å². The van der Waals surface area contributed by atoms with Crippen LogP contribution in [-0.4, -0.2) is 45.4 Å². The van der Waals surface area contributed by atoms with Crippen LogP contribution >= 0.6 is 0 Å². The highest BCUT2D eigenvalue weighted by Crippen LogP contribution is 2.35. The number of ether oxygens (including phenoxy) is 1. The van der Waals surface area contributed by atoms with Crippen LogP contribution < -0.4 is 4.74 Å². The van der Waals surface area contributed by atoms with Gasteiger partial charge in [-0.25, -0.2) is 4.98 Å². The molecule has 142 valence electrons. The van der Waals surface area contributed by atoms with E-state index in [1.807, 2.05) is 43.1 Å². The van der Waals surface area contributed by atoms with E-state index in [0.29, 0.717) is 30.6 Å². The second-order valence-corrected chi connectivity index (χ2v) is 7.56. The summed E-state index contributed by atoms with van der Waals surface area (Å²) in [6.07, 6.45) is 4.09. The zero-order chi connectivity index (χ0) is 19.0. The van der Waals surface area contributed by atoms with E-state index >= 15 is 0 Å². The Kier molecular flexibility index (Phi) is 4.83. The summed E-state index contributed by atoms with van der Waals surface area (Å²) in [5, 5.41) is 0. The van der Waals surface area contributed by atoms with Gasteiger partial charge in [-0.1, -0.05) is 6.07 Å². The second-order valence-electron chi connectivity index (χ2n) is 7.56. The summed E-state index contributed by atoms with van der Waals surface area (Å²) < 4.78 is 5.57. The number of carbonyl (C=O) groups excluding carboxylic acids is 1. The van der Waals surface area contributed by atoms with Gasteiger partial charge in [0.15, 0.2) is 0 Å². The van der Waals surface area contributed by atoms with E-state index in [1.54, 1.807) is 7.11 Å². The lowest BCUT2D eigenvalue weighted by molar-refractivity contribution is 0.0730. The Morgan fingerprint density at radius 3 is 2.89 bits per heavy atom. The summed E-state index contributed by atoms with van der Waals surface area (Å²) in [6.45, 7) is 6.34. The molecule has 1 fully saturated rings. The summed E-state index contributed by atoms with van der Waals surface area (Å²) >= 11 is 0. The predicted octanol–water partition coefficient (Wildman–Crippen LogP) is 3.19. The summed E-state index contributed by atoms with van der Waals surface area (Å²) in [6, 6.07) is 8.52. The smallest absolute Gasteiger partial charge is 0.256 e. The third-order valence-corrected chi connectivity index (χ3v) is 5.54. The van der Waals surface area contributed by atoms with Gasteiger partial charge in [-0.05, 0) is 51.4 Å². The monoisotopic (exact) mass is 366 g/mol.